The number of nitrogens with zero attached hydrogens (tertiary/aromatic N) is 2. The molecule has 5 nitrogen and oxygen atoms in total. The molecule has 2 atom stereocenters. The number of hydrogen-bond donors (Lipinski definition) is 0. The van der Waals surface area contributed by atoms with Crippen LogP contribution in [0.25, 0.3) is 0 Å². The van der Waals surface area contributed by atoms with Crippen LogP contribution in [-0.4, -0.2) is 42.3 Å². The van der Waals surface area contributed by atoms with Crippen molar-refractivity contribution in [2.75, 3.05) is 16.4 Å². The molecule has 8 heteroatoms. The van der Waals surface area contributed by atoms with E-state index in [1.807, 2.05) is 29.2 Å². The number of amides is 1. The SMILES string of the molecule is CCC(=O)N=C1S[C@@H]2CS(=O)(=O)C[C@@H]2N1c1ccc(Br)cc1. The summed E-state index contributed by atoms with van der Waals surface area (Å²) in [6.45, 7) is 1.77. The molecule has 2 fully saturated rings. The van der Waals surface area contributed by atoms with E-state index in [2.05, 4.69) is 20.9 Å². The maximum absolute atomic E-state index is 11.9. The number of benzene rings is 1. The van der Waals surface area contributed by atoms with Crippen LogP contribution in [0.4, 0.5) is 5.69 Å². The molecule has 0 aliphatic carbocycles. The Bertz CT molecular complexity index is 731. The number of carbonyl (C=O) groups excluding carboxylic acids is 1. The van der Waals surface area contributed by atoms with E-state index in [4.69, 9.17) is 0 Å². The summed E-state index contributed by atoms with van der Waals surface area (Å²) in [7, 11) is -3.02. The number of halogens is 1. The highest BCUT2D eigenvalue weighted by molar-refractivity contribution is 9.10. The average Bonchev–Trinajstić information content (AvgIpc) is 2.91. The van der Waals surface area contributed by atoms with E-state index >= 15 is 0 Å². The van der Waals surface area contributed by atoms with Gasteiger partial charge in [0.15, 0.2) is 15.0 Å². The highest BCUT2D eigenvalue weighted by Gasteiger charge is 2.49. The zero-order valence-electron chi connectivity index (χ0n) is 11.9. The van der Waals surface area contributed by atoms with Crippen LogP contribution in [0.1, 0.15) is 13.3 Å². The molecule has 1 aromatic carbocycles. The summed E-state index contributed by atoms with van der Waals surface area (Å²) in [5.41, 5.74) is 0.864. The van der Waals surface area contributed by atoms with Gasteiger partial charge in [-0.15, -0.1) is 0 Å². The Morgan fingerprint density at radius 1 is 1.36 bits per heavy atom. The number of anilines is 1. The van der Waals surface area contributed by atoms with Crippen molar-refractivity contribution in [2.24, 2.45) is 4.99 Å². The summed E-state index contributed by atoms with van der Waals surface area (Å²) in [4.78, 5) is 17.8. The third kappa shape index (κ3) is 3.09. The minimum absolute atomic E-state index is 0.0583. The summed E-state index contributed by atoms with van der Waals surface area (Å²) in [6, 6.07) is 7.46. The maximum Gasteiger partial charge on any atom is 0.247 e. The van der Waals surface area contributed by atoms with Gasteiger partial charge in [0.05, 0.1) is 17.5 Å². The van der Waals surface area contributed by atoms with Gasteiger partial charge in [0.2, 0.25) is 5.91 Å². The van der Waals surface area contributed by atoms with Crippen LogP contribution >= 0.6 is 27.7 Å². The Labute approximate surface area is 142 Å². The van der Waals surface area contributed by atoms with E-state index < -0.39 is 9.84 Å². The first-order valence-corrected chi connectivity index (χ1v) is 10.4. The fourth-order valence-electron chi connectivity index (χ4n) is 2.65. The molecule has 22 heavy (non-hydrogen) atoms. The Kier molecular flexibility index (Phi) is 4.35. The van der Waals surface area contributed by atoms with Crippen molar-refractivity contribution in [3.8, 4) is 0 Å². The topological polar surface area (TPSA) is 66.8 Å². The summed E-state index contributed by atoms with van der Waals surface area (Å²) in [5, 5.41) is 0.552. The van der Waals surface area contributed by atoms with Gasteiger partial charge in [-0.05, 0) is 24.3 Å². The summed E-state index contributed by atoms with van der Waals surface area (Å²) < 4.78 is 24.8. The third-order valence-corrected chi connectivity index (χ3v) is 7.43. The molecule has 1 amide bonds. The van der Waals surface area contributed by atoms with E-state index in [1.54, 1.807) is 6.92 Å². The monoisotopic (exact) mass is 402 g/mol. The van der Waals surface area contributed by atoms with E-state index in [1.165, 1.54) is 11.8 Å². The second-order valence-electron chi connectivity index (χ2n) is 5.29. The predicted octanol–water partition coefficient (Wildman–Crippen LogP) is 2.46. The van der Waals surface area contributed by atoms with Crippen LogP contribution in [0.2, 0.25) is 0 Å². The highest BCUT2D eigenvalue weighted by atomic mass is 79.9. The van der Waals surface area contributed by atoms with Crippen molar-refractivity contribution in [3.05, 3.63) is 28.7 Å². The fourth-order valence-corrected chi connectivity index (χ4v) is 6.85. The van der Waals surface area contributed by atoms with Crippen molar-refractivity contribution < 1.29 is 13.2 Å². The quantitative estimate of drug-likeness (QED) is 0.759. The van der Waals surface area contributed by atoms with Crippen molar-refractivity contribution in [3.63, 3.8) is 0 Å². The number of amidine groups is 1. The van der Waals surface area contributed by atoms with Crippen molar-refractivity contribution >= 4 is 54.3 Å². The summed E-state index contributed by atoms with van der Waals surface area (Å²) >= 11 is 4.79. The van der Waals surface area contributed by atoms with Crippen LogP contribution in [0.3, 0.4) is 0 Å². The second kappa shape index (κ2) is 5.98. The molecule has 0 spiro atoms. The molecule has 0 bridgehead atoms. The van der Waals surface area contributed by atoms with E-state index in [9.17, 15) is 13.2 Å². The lowest BCUT2D eigenvalue weighted by Gasteiger charge is -2.24. The number of carbonyl (C=O) groups is 1. The number of rotatable bonds is 2. The number of thioether (sulfide) groups is 1. The van der Waals surface area contributed by atoms with Gasteiger partial charge in [-0.2, -0.15) is 4.99 Å². The van der Waals surface area contributed by atoms with E-state index in [-0.39, 0.29) is 28.7 Å². The van der Waals surface area contributed by atoms with Crippen LogP contribution in [0, 0.1) is 0 Å². The molecule has 2 aliphatic heterocycles. The van der Waals surface area contributed by atoms with Crippen molar-refractivity contribution in [1.29, 1.82) is 0 Å². The lowest BCUT2D eigenvalue weighted by Crippen LogP contribution is -2.37. The van der Waals surface area contributed by atoms with Crippen LogP contribution in [0.5, 0.6) is 0 Å². The number of fused-ring (bicyclic) bond motifs is 1. The molecule has 0 radical (unpaired) electrons. The van der Waals surface area contributed by atoms with Gasteiger partial charge in [-0.25, -0.2) is 8.42 Å². The molecule has 118 valence electrons. The van der Waals surface area contributed by atoms with Gasteiger partial charge in [0.25, 0.3) is 0 Å². The molecule has 0 N–H and O–H groups in total. The Morgan fingerprint density at radius 3 is 2.68 bits per heavy atom. The first-order valence-electron chi connectivity index (χ1n) is 6.93. The Balaban J connectivity index is 2.01. The molecule has 0 unspecified atom stereocenters. The molecular weight excluding hydrogens is 388 g/mol. The van der Waals surface area contributed by atoms with Crippen molar-refractivity contribution in [2.45, 2.75) is 24.6 Å². The second-order valence-corrected chi connectivity index (χ2v) is 9.56. The zero-order valence-corrected chi connectivity index (χ0v) is 15.1. The predicted molar refractivity (Wildman–Crippen MR) is 93.2 cm³/mol. The highest BCUT2D eigenvalue weighted by Crippen LogP contribution is 2.41. The van der Waals surface area contributed by atoms with Gasteiger partial charge in [-0.1, -0.05) is 34.6 Å². The van der Waals surface area contributed by atoms with Crippen LogP contribution in [0.15, 0.2) is 33.7 Å². The first kappa shape index (κ1) is 16.0. The van der Waals surface area contributed by atoms with E-state index in [0.29, 0.717) is 11.6 Å². The standard InChI is InChI=1S/C14H15BrN2O3S2/c1-2-13(18)16-14-17(10-5-3-9(15)4-6-10)11-7-22(19,20)8-12(11)21-14/h3-6,11-12H,2,7-8H2,1H3/t11-,12+/m0/s1. The van der Waals surface area contributed by atoms with Gasteiger partial charge in [-0.3, -0.25) is 4.79 Å². The molecule has 2 aliphatic rings. The normalized spacial score (nSPS) is 28.1. The zero-order chi connectivity index (χ0) is 15.9. The fraction of sp³-hybridized carbons (Fsp3) is 0.429. The van der Waals surface area contributed by atoms with Gasteiger partial charge >= 0.3 is 0 Å². The number of aliphatic imine (C=N–C) groups is 1. The summed E-state index contributed by atoms with van der Waals surface area (Å²) in [5.74, 6) is 0.0711. The molecule has 0 saturated carbocycles. The molecule has 2 heterocycles. The first-order chi connectivity index (χ1) is 10.4. The van der Waals surface area contributed by atoms with E-state index in [0.717, 1.165) is 10.2 Å². The molecule has 3 rings (SSSR count). The Morgan fingerprint density at radius 2 is 2.05 bits per heavy atom. The molecule has 0 aromatic heterocycles. The molecular formula is C14H15BrN2O3S2. The minimum atomic E-state index is -3.02. The third-order valence-electron chi connectivity index (χ3n) is 3.69. The number of hydrogen-bond acceptors (Lipinski definition) is 4. The minimum Gasteiger partial charge on any atom is -0.316 e. The number of sulfone groups is 1. The summed E-state index contributed by atoms with van der Waals surface area (Å²) in [6.07, 6.45) is 0.339. The van der Waals surface area contributed by atoms with Gasteiger partial charge < -0.3 is 4.90 Å². The lowest BCUT2D eigenvalue weighted by atomic mass is 10.2. The average molecular weight is 403 g/mol. The van der Waals surface area contributed by atoms with Gasteiger partial charge in [0.1, 0.15) is 0 Å². The lowest BCUT2D eigenvalue weighted by molar-refractivity contribution is -0.117. The van der Waals surface area contributed by atoms with Gasteiger partial charge in [0, 0.05) is 21.8 Å². The molecule has 2 saturated heterocycles. The Hall–Kier alpha value is -0.860. The smallest absolute Gasteiger partial charge is 0.247 e. The van der Waals surface area contributed by atoms with Crippen LogP contribution < -0.4 is 4.90 Å². The largest absolute Gasteiger partial charge is 0.316 e. The molecule has 1 aromatic rings. The van der Waals surface area contributed by atoms with Crippen LogP contribution in [-0.2, 0) is 14.6 Å². The van der Waals surface area contributed by atoms with Crippen molar-refractivity contribution in [1.82, 2.24) is 0 Å². The maximum atomic E-state index is 11.9.